The molecular formula is C15H20N2OS. The fraction of sp³-hybridized carbons (Fsp3) is 0.533. The summed E-state index contributed by atoms with van der Waals surface area (Å²) in [6.45, 7) is 0. The summed E-state index contributed by atoms with van der Waals surface area (Å²) in [5, 5.41) is 0. The lowest BCUT2D eigenvalue weighted by atomic mass is 10.1. The van der Waals surface area contributed by atoms with Crippen LogP contribution in [0.5, 0.6) is 5.75 Å². The summed E-state index contributed by atoms with van der Waals surface area (Å²) in [4.78, 5) is 3.32. The van der Waals surface area contributed by atoms with Crippen molar-refractivity contribution in [3.8, 4) is 5.75 Å². The molecule has 1 aliphatic rings. The first kappa shape index (κ1) is 12.7. The number of hydrogen-bond acceptors (Lipinski definition) is 2. The first-order chi connectivity index (χ1) is 9.31. The molecule has 1 aromatic heterocycles. The zero-order valence-electron chi connectivity index (χ0n) is 11.3. The van der Waals surface area contributed by atoms with Gasteiger partial charge in [-0.15, -0.1) is 0 Å². The average Bonchev–Trinajstić information content (AvgIpc) is 2.62. The average molecular weight is 276 g/mol. The fourth-order valence-corrected chi connectivity index (χ4v) is 3.52. The molecule has 0 saturated heterocycles. The van der Waals surface area contributed by atoms with E-state index in [1.807, 2.05) is 12.1 Å². The number of aromatic amines is 1. The monoisotopic (exact) mass is 276 g/mol. The number of imidazole rings is 1. The lowest BCUT2D eigenvalue weighted by molar-refractivity contribution is 0.419. The molecule has 1 heterocycles. The van der Waals surface area contributed by atoms with Crippen LogP contribution in [-0.2, 0) is 0 Å². The van der Waals surface area contributed by atoms with Gasteiger partial charge in [0.1, 0.15) is 11.3 Å². The van der Waals surface area contributed by atoms with Crippen LogP contribution >= 0.6 is 12.2 Å². The first-order valence-corrected chi connectivity index (χ1v) is 7.49. The third-order valence-corrected chi connectivity index (χ3v) is 4.42. The number of H-pyrrole nitrogens is 1. The Balaban J connectivity index is 2.12. The molecular weight excluding hydrogens is 256 g/mol. The van der Waals surface area contributed by atoms with Crippen LogP contribution in [0.4, 0.5) is 0 Å². The van der Waals surface area contributed by atoms with Crippen molar-refractivity contribution in [1.29, 1.82) is 0 Å². The smallest absolute Gasteiger partial charge is 0.178 e. The van der Waals surface area contributed by atoms with E-state index in [0.717, 1.165) is 16.0 Å². The third kappa shape index (κ3) is 2.29. The maximum absolute atomic E-state index is 5.54. The van der Waals surface area contributed by atoms with Crippen molar-refractivity contribution in [3.63, 3.8) is 0 Å². The van der Waals surface area contributed by atoms with Crippen LogP contribution in [0.25, 0.3) is 11.0 Å². The van der Waals surface area contributed by atoms with Gasteiger partial charge in [-0.2, -0.15) is 0 Å². The highest BCUT2D eigenvalue weighted by atomic mass is 32.1. The summed E-state index contributed by atoms with van der Waals surface area (Å²) in [5.41, 5.74) is 2.20. The van der Waals surface area contributed by atoms with Crippen LogP contribution in [0.2, 0.25) is 0 Å². The number of aromatic nitrogens is 2. The Kier molecular flexibility index (Phi) is 3.60. The second kappa shape index (κ2) is 5.37. The third-order valence-electron chi connectivity index (χ3n) is 4.12. The van der Waals surface area contributed by atoms with Gasteiger partial charge in [-0.3, -0.25) is 0 Å². The zero-order chi connectivity index (χ0) is 13.2. The molecule has 0 spiro atoms. The second-order valence-corrected chi connectivity index (χ2v) is 5.69. The summed E-state index contributed by atoms with van der Waals surface area (Å²) in [5.74, 6) is 0.871. The van der Waals surface area contributed by atoms with Gasteiger partial charge in [-0.1, -0.05) is 31.7 Å². The number of nitrogens with one attached hydrogen (secondary N) is 1. The molecule has 0 radical (unpaired) electrons. The lowest BCUT2D eigenvalue weighted by Crippen LogP contribution is -2.08. The van der Waals surface area contributed by atoms with Crippen LogP contribution in [0.1, 0.15) is 44.6 Å². The van der Waals surface area contributed by atoms with E-state index < -0.39 is 0 Å². The molecule has 1 N–H and O–H groups in total. The number of rotatable bonds is 2. The van der Waals surface area contributed by atoms with Crippen LogP contribution < -0.4 is 4.74 Å². The fourth-order valence-electron chi connectivity index (χ4n) is 3.17. The summed E-state index contributed by atoms with van der Waals surface area (Å²) >= 11 is 5.54. The van der Waals surface area contributed by atoms with E-state index in [1.165, 1.54) is 44.0 Å². The predicted octanol–water partition coefficient (Wildman–Crippen LogP) is 4.60. The van der Waals surface area contributed by atoms with E-state index in [1.54, 1.807) is 7.11 Å². The normalized spacial score (nSPS) is 17.5. The Labute approximate surface area is 118 Å². The van der Waals surface area contributed by atoms with Gasteiger partial charge < -0.3 is 14.3 Å². The first-order valence-electron chi connectivity index (χ1n) is 7.08. The molecule has 3 rings (SSSR count). The van der Waals surface area contributed by atoms with Crippen molar-refractivity contribution in [2.24, 2.45) is 0 Å². The summed E-state index contributed by atoms with van der Waals surface area (Å²) < 4.78 is 8.55. The van der Waals surface area contributed by atoms with Gasteiger partial charge in [0, 0.05) is 6.04 Å². The van der Waals surface area contributed by atoms with Gasteiger partial charge in [-0.25, -0.2) is 0 Å². The molecule has 0 bridgehead atoms. The van der Waals surface area contributed by atoms with Gasteiger partial charge >= 0.3 is 0 Å². The zero-order valence-corrected chi connectivity index (χ0v) is 12.1. The van der Waals surface area contributed by atoms with E-state index in [9.17, 15) is 0 Å². The maximum Gasteiger partial charge on any atom is 0.178 e. The lowest BCUT2D eigenvalue weighted by Gasteiger charge is -2.17. The number of nitrogens with zero attached hydrogens (tertiary/aromatic N) is 1. The predicted molar refractivity (Wildman–Crippen MR) is 80.4 cm³/mol. The van der Waals surface area contributed by atoms with Gasteiger partial charge in [0.05, 0.1) is 12.6 Å². The molecule has 1 fully saturated rings. The van der Waals surface area contributed by atoms with Crippen molar-refractivity contribution < 1.29 is 4.74 Å². The number of para-hydroxylation sites is 1. The Morgan fingerprint density at radius 3 is 2.63 bits per heavy atom. The summed E-state index contributed by atoms with van der Waals surface area (Å²) in [6, 6.07) is 6.69. The van der Waals surface area contributed by atoms with E-state index in [0.29, 0.717) is 6.04 Å². The van der Waals surface area contributed by atoms with Gasteiger partial charge in [0.15, 0.2) is 4.77 Å². The quantitative estimate of drug-likeness (QED) is 0.641. The van der Waals surface area contributed by atoms with Crippen LogP contribution in [0.3, 0.4) is 0 Å². The van der Waals surface area contributed by atoms with Crippen LogP contribution in [-0.4, -0.2) is 16.7 Å². The molecule has 0 aliphatic heterocycles. The van der Waals surface area contributed by atoms with Crippen molar-refractivity contribution in [1.82, 2.24) is 9.55 Å². The van der Waals surface area contributed by atoms with Crippen LogP contribution in [0, 0.1) is 4.77 Å². The molecule has 3 nitrogen and oxygen atoms in total. The SMILES string of the molecule is COc1cccc2c1[nH]c(=S)n2C1CCCCCC1. The molecule has 0 unspecified atom stereocenters. The minimum absolute atomic E-state index is 0.538. The number of ether oxygens (including phenoxy) is 1. The molecule has 1 saturated carbocycles. The van der Waals surface area contributed by atoms with Crippen LogP contribution in [0.15, 0.2) is 18.2 Å². The standard InChI is InChI=1S/C15H20N2OS/c1-18-13-10-6-9-12-14(13)16-15(19)17(12)11-7-4-2-3-5-8-11/h6,9-11H,2-5,7-8H2,1H3,(H,16,19). The Hall–Kier alpha value is -1.29. The summed E-state index contributed by atoms with van der Waals surface area (Å²) in [7, 11) is 1.70. The minimum atomic E-state index is 0.538. The molecule has 19 heavy (non-hydrogen) atoms. The number of benzene rings is 1. The number of fused-ring (bicyclic) bond motifs is 1. The van der Waals surface area contributed by atoms with Gasteiger partial charge in [0.25, 0.3) is 0 Å². The number of methoxy groups -OCH3 is 1. The Morgan fingerprint density at radius 1 is 1.21 bits per heavy atom. The highest BCUT2D eigenvalue weighted by Crippen LogP contribution is 2.33. The topological polar surface area (TPSA) is 29.9 Å². The molecule has 2 aromatic rings. The van der Waals surface area contributed by atoms with Crippen molar-refractivity contribution >= 4 is 23.3 Å². The molecule has 4 heteroatoms. The molecule has 1 aromatic carbocycles. The van der Waals surface area contributed by atoms with Crippen molar-refractivity contribution in [2.45, 2.75) is 44.6 Å². The maximum atomic E-state index is 5.54. The highest BCUT2D eigenvalue weighted by Gasteiger charge is 2.18. The Morgan fingerprint density at radius 2 is 1.95 bits per heavy atom. The summed E-state index contributed by atoms with van der Waals surface area (Å²) in [6.07, 6.45) is 7.80. The molecule has 0 amide bonds. The van der Waals surface area contributed by atoms with E-state index in [2.05, 4.69) is 15.6 Å². The van der Waals surface area contributed by atoms with E-state index in [-0.39, 0.29) is 0 Å². The van der Waals surface area contributed by atoms with Crippen molar-refractivity contribution in [3.05, 3.63) is 23.0 Å². The van der Waals surface area contributed by atoms with E-state index in [4.69, 9.17) is 17.0 Å². The van der Waals surface area contributed by atoms with Crippen molar-refractivity contribution in [2.75, 3.05) is 7.11 Å². The Bertz CT molecular complexity index is 621. The molecule has 0 atom stereocenters. The largest absolute Gasteiger partial charge is 0.494 e. The molecule has 1 aliphatic carbocycles. The second-order valence-electron chi connectivity index (χ2n) is 5.30. The minimum Gasteiger partial charge on any atom is -0.494 e. The van der Waals surface area contributed by atoms with Gasteiger partial charge in [-0.05, 0) is 37.2 Å². The van der Waals surface area contributed by atoms with E-state index >= 15 is 0 Å². The molecule has 102 valence electrons. The highest BCUT2D eigenvalue weighted by molar-refractivity contribution is 7.71. The number of hydrogen-bond donors (Lipinski definition) is 1. The van der Waals surface area contributed by atoms with Gasteiger partial charge in [0.2, 0.25) is 0 Å².